The van der Waals surface area contributed by atoms with E-state index >= 15 is 0 Å². The Labute approximate surface area is 118 Å². The summed E-state index contributed by atoms with van der Waals surface area (Å²) in [4.78, 5) is 12.0. The van der Waals surface area contributed by atoms with Gasteiger partial charge in [0.05, 0.1) is 12.2 Å². The number of carbonyl (C=O) groups is 1. The van der Waals surface area contributed by atoms with Crippen LogP contribution in [0.15, 0.2) is 30.3 Å². The quantitative estimate of drug-likeness (QED) is 0.869. The van der Waals surface area contributed by atoms with E-state index in [0.717, 1.165) is 18.5 Å². The number of tetrazole rings is 1. The highest BCUT2D eigenvalue weighted by atomic mass is 16.1. The van der Waals surface area contributed by atoms with E-state index in [2.05, 4.69) is 20.8 Å². The van der Waals surface area contributed by atoms with Gasteiger partial charge in [0.1, 0.15) is 0 Å². The second kappa shape index (κ2) is 6.79. The van der Waals surface area contributed by atoms with Gasteiger partial charge in [0, 0.05) is 5.92 Å². The number of aromatic nitrogens is 4. The van der Waals surface area contributed by atoms with Gasteiger partial charge >= 0.3 is 0 Å². The van der Waals surface area contributed by atoms with E-state index in [4.69, 9.17) is 0 Å². The summed E-state index contributed by atoms with van der Waals surface area (Å²) >= 11 is 0. The second-order valence-electron chi connectivity index (χ2n) is 4.57. The molecular formula is C14H19N5O. The summed E-state index contributed by atoms with van der Waals surface area (Å²) in [6.07, 6.45) is 1.68. The topological polar surface area (TPSA) is 72.7 Å². The Bertz CT molecular complexity index is 548. The number of hydrogen-bond acceptors (Lipinski definition) is 4. The fourth-order valence-electron chi connectivity index (χ4n) is 2.06. The Balaban J connectivity index is 2.05. The molecule has 1 amide bonds. The van der Waals surface area contributed by atoms with Crippen molar-refractivity contribution in [1.29, 1.82) is 0 Å². The largest absolute Gasteiger partial charge is 0.348 e. The smallest absolute Gasteiger partial charge is 0.223 e. The molecule has 0 aliphatic rings. The molecule has 0 radical (unpaired) electrons. The number of para-hydroxylation sites is 1. The monoisotopic (exact) mass is 273 g/mol. The van der Waals surface area contributed by atoms with Gasteiger partial charge < -0.3 is 5.32 Å². The van der Waals surface area contributed by atoms with E-state index in [1.807, 2.05) is 44.2 Å². The predicted octanol–water partition coefficient (Wildman–Crippen LogP) is 1.71. The number of benzene rings is 1. The number of nitrogens with one attached hydrogen (secondary N) is 1. The third-order valence-corrected chi connectivity index (χ3v) is 3.31. The van der Waals surface area contributed by atoms with Crippen LogP contribution in [0.25, 0.3) is 5.69 Å². The SMILES string of the molecule is CCC(CC)C(=O)NCc1nnnn1-c1ccccc1. The van der Waals surface area contributed by atoms with Crippen molar-refractivity contribution in [2.45, 2.75) is 33.2 Å². The number of hydrogen-bond donors (Lipinski definition) is 1. The van der Waals surface area contributed by atoms with Gasteiger partial charge in [-0.1, -0.05) is 32.0 Å². The Morgan fingerprint density at radius 2 is 1.95 bits per heavy atom. The molecule has 1 aromatic carbocycles. The lowest BCUT2D eigenvalue weighted by atomic mass is 10.0. The highest BCUT2D eigenvalue weighted by Gasteiger charge is 2.15. The van der Waals surface area contributed by atoms with Crippen LogP contribution in [0.2, 0.25) is 0 Å². The lowest BCUT2D eigenvalue weighted by Gasteiger charge is -2.12. The summed E-state index contributed by atoms with van der Waals surface area (Å²) in [5.74, 6) is 0.726. The zero-order valence-electron chi connectivity index (χ0n) is 11.8. The van der Waals surface area contributed by atoms with E-state index in [1.54, 1.807) is 4.68 Å². The van der Waals surface area contributed by atoms with Crippen molar-refractivity contribution in [3.05, 3.63) is 36.2 Å². The molecule has 0 atom stereocenters. The molecule has 106 valence electrons. The standard InChI is InChI=1S/C14H19N5O/c1-3-11(4-2)14(20)15-10-13-16-17-18-19(13)12-8-6-5-7-9-12/h5-9,11H,3-4,10H2,1-2H3,(H,15,20). The van der Waals surface area contributed by atoms with Crippen LogP contribution in [0.1, 0.15) is 32.5 Å². The van der Waals surface area contributed by atoms with Crippen LogP contribution in [-0.4, -0.2) is 26.1 Å². The minimum absolute atomic E-state index is 0.0519. The molecule has 6 nitrogen and oxygen atoms in total. The van der Waals surface area contributed by atoms with Gasteiger partial charge in [0.15, 0.2) is 5.82 Å². The van der Waals surface area contributed by atoms with E-state index in [9.17, 15) is 4.79 Å². The molecule has 6 heteroatoms. The van der Waals surface area contributed by atoms with Gasteiger partial charge in [-0.05, 0) is 35.4 Å². The van der Waals surface area contributed by atoms with Gasteiger partial charge in [0.25, 0.3) is 0 Å². The van der Waals surface area contributed by atoms with Gasteiger partial charge in [-0.25, -0.2) is 0 Å². The van der Waals surface area contributed by atoms with Crippen LogP contribution in [-0.2, 0) is 11.3 Å². The Kier molecular flexibility index (Phi) is 4.81. The molecular weight excluding hydrogens is 254 g/mol. The van der Waals surface area contributed by atoms with E-state index < -0.39 is 0 Å². The highest BCUT2D eigenvalue weighted by molar-refractivity contribution is 5.78. The number of amides is 1. The van der Waals surface area contributed by atoms with E-state index in [0.29, 0.717) is 12.4 Å². The molecule has 0 unspecified atom stereocenters. The average molecular weight is 273 g/mol. The molecule has 0 spiro atoms. The Hall–Kier alpha value is -2.24. The first-order chi connectivity index (χ1) is 9.76. The summed E-state index contributed by atoms with van der Waals surface area (Å²) in [5, 5.41) is 14.5. The fourth-order valence-corrected chi connectivity index (χ4v) is 2.06. The first kappa shape index (κ1) is 14.2. The zero-order chi connectivity index (χ0) is 14.4. The number of rotatable bonds is 6. The maximum absolute atomic E-state index is 12.0. The lowest BCUT2D eigenvalue weighted by molar-refractivity contribution is -0.125. The van der Waals surface area contributed by atoms with Crippen LogP contribution < -0.4 is 5.32 Å². The summed E-state index contributed by atoms with van der Waals surface area (Å²) < 4.78 is 1.63. The highest BCUT2D eigenvalue weighted by Crippen LogP contribution is 2.09. The molecule has 0 aliphatic heterocycles. The summed E-state index contributed by atoms with van der Waals surface area (Å²) in [5.41, 5.74) is 0.879. The number of nitrogens with zero attached hydrogens (tertiary/aromatic N) is 4. The maximum Gasteiger partial charge on any atom is 0.223 e. The molecule has 20 heavy (non-hydrogen) atoms. The lowest BCUT2D eigenvalue weighted by Crippen LogP contribution is -2.30. The molecule has 0 aliphatic carbocycles. The molecule has 0 fully saturated rings. The van der Waals surface area contributed by atoms with Crippen LogP contribution >= 0.6 is 0 Å². The Morgan fingerprint density at radius 3 is 2.60 bits per heavy atom. The summed E-state index contributed by atoms with van der Waals surface area (Å²) in [7, 11) is 0. The van der Waals surface area contributed by atoms with Crippen molar-refractivity contribution in [3.63, 3.8) is 0 Å². The first-order valence-electron chi connectivity index (χ1n) is 6.86. The number of carbonyl (C=O) groups excluding carboxylic acids is 1. The first-order valence-corrected chi connectivity index (χ1v) is 6.86. The van der Waals surface area contributed by atoms with Crippen LogP contribution in [0.3, 0.4) is 0 Å². The van der Waals surface area contributed by atoms with Gasteiger partial charge in [0.2, 0.25) is 5.91 Å². The Morgan fingerprint density at radius 1 is 1.25 bits per heavy atom. The van der Waals surface area contributed by atoms with Crippen molar-refractivity contribution in [3.8, 4) is 5.69 Å². The van der Waals surface area contributed by atoms with Gasteiger partial charge in [-0.2, -0.15) is 4.68 Å². The normalized spacial score (nSPS) is 10.8. The predicted molar refractivity (Wildman–Crippen MR) is 75.1 cm³/mol. The molecule has 2 rings (SSSR count). The second-order valence-corrected chi connectivity index (χ2v) is 4.57. The molecule has 1 heterocycles. The third-order valence-electron chi connectivity index (χ3n) is 3.31. The van der Waals surface area contributed by atoms with Crippen molar-refractivity contribution in [1.82, 2.24) is 25.5 Å². The minimum atomic E-state index is 0.0519. The van der Waals surface area contributed by atoms with Gasteiger partial charge in [-0.15, -0.1) is 5.10 Å². The van der Waals surface area contributed by atoms with Crippen LogP contribution in [0.5, 0.6) is 0 Å². The van der Waals surface area contributed by atoms with Crippen molar-refractivity contribution < 1.29 is 4.79 Å². The molecule has 1 N–H and O–H groups in total. The molecule has 0 saturated carbocycles. The molecule has 0 bridgehead atoms. The fraction of sp³-hybridized carbons (Fsp3) is 0.429. The summed E-state index contributed by atoms with van der Waals surface area (Å²) in [6.45, 7) is 4.36. The third kappa shape index (κ3) is 3.20. The average Bonchev–Trinajstić information content (AvgIpc) is 2.95. The molecule has 0 saturated heterocycles. The van der Waals surface area contributed by atoms with Crippen LogP contribution in [0.4, 0.5) is 0 Å². The van der Waals surface area contributed by atoms with Crippen molar-refractivity contribution in [2.75, 3.05) is 0 Å². The molecule has 1 aromatic heterocycles. The minimum Gasteiger partial charge on any atom is -0.348 e. The van der Waals surface area contributed by atoms with E-state index in [1.165, 1.54) is 0 Å². The van der Waals surface area contributed by atoms with Crippen molar-refractivity contribution in [2.24, 2.45) is 5.92 Å². The van der Waals surface area contributed by atoms with Gasteiger partial charge in [-0.3, -0.25) is 4.79 Å². The van der Waals surface area contributed by atoms with Crippen molar-refractivity contribution >= 4 is 5.91 Å². The van der Waals surface area contributed by atoms with Crippen LogP contribution in [0, 0.1) is 5.92 Å². The zero-order valence-corrected chi connectivity index (χ0v) is 11.8. The maximum atomic E-state index is 12.0. The van der Waals surface area contributed by atoms with E-state index in [-0.39, 0.29) is 11.8 Å². The molecule has 2 aromatic rings. The summed E-state index contributed by atoms with van der Waals surface area (Å²) in [6, 6.07) is 9.61.